The van der Waals surface area contributed by atoms with Crippen LogP contribution in [-0.2, 0) is 6.61 Å². The summed E-state index contributed by atoms with van der Waals surface area (Å²) in [4.78, 5) is 16.6. The summed E-state index contributed by atoms with van der Waals surface area (Å²) < 4.78 is 7.16. The van der Waals surface area contributed by atoms with Gasteiger partial charge in [0, 0.05) is 11.8 Å². The summed E-state index contributed by atoms with van der Waals surface area (Å²) in [7, 11) is 0. The van der Waals surface area contributed by atoms with E-state index in [-0.39, 0.29) is 12.2 Å². The van der Waals surface area contributed by atoms with E-state index in [2.05, 4.69) is 11.1 Å². The number of pyridine rings is 1. The van der Waals surface area contributed by atoms with Crippen LogP contribution < -0.4 is 10.3 Å². The number of fused-ring (bicyclic) bond motifs is 1. The molecule has 0 aliphatic heterocycles. The third-order valence-electron chi connectivity index (χ3n) is 3.32. The monoisotopic (exact) mass is 291 g/mol. The van der Waals surface area contributed by atoms with Crippen molar-refractivity contribution in [3.05, 3.63) is 75.8 Å². The fourth-order valence-electron chi connectivity index (χ4n) is 2.27. The maximum Gasteiger partial charge on any atom is 0.258 e. The van der Waals surface area contributed by atoms with Crippen molar-refractivity contribution in [3.8, 4) is 11.8 Å². The summed E-state index contributed by atoms with van der Waals surface area (Å²) in [6.07, 6.45) is 0. The van der Waals surface area contributed by atoms with Crippen molar-refractivity contribution < 1.29 is 4.74 Å². The van der Waals surface area contributed by atoms with Gasteiger partial charge in [-0.25, -0.2) is 4.98 Å². The second kappa shape index (κ2) is 5.70. The first kappa shape index (κ1) is 13.8. The van der Waals surface area contributed by atoms with Gasteiger partial charge in [0.15, 0.2) is 0 Å². The highest BCUT2D eigenvalue weighted by atomic mass is 16.5. The van der Waals surface area contributed by atoms with Crippen LogP contribution >= 0.6 is 0 Å². The van der Waals surface area contributed by atoms with Gasteiger partial charge in [0.1, 0.15) is 24.1 Å². The maximum atomic E-state index is 12.2. The Morgan fingerprint density at radius 2 is 2.05 bits per heavy atom. The van der Waals surface area contributed by atoms with Gasteiger partial charge in [-0.3, -0.25) is 9.20 Å². The third-order valence-corrected chi connectivity index (χ3v) is 3.32. The van der Waals surface area contributed by atoms with Gasteiger partial charge in [-0.05, 0) is 31.2 Å². The molecule has 5 heteroatoms. The number of aryl methyl sites for hydroxylation is 1. The second-order valence-electron chi connectivity index (χ2n) is 4.84. The summed E-state index contributed by atoms with van der Waals surface area (Å²) in [5, 5.41) is 9.03. The molecule has 0 bridgehead atoms. The number of aromatic nitrogens is 2. The highest BCUT2D eigenvalue weighted by molar-refractivity contribution is 5.43. The topological polar surface area (TPSA) is 67.4 Å². The van der Waals surface area contributed by atoms with E-state index >= 15 is 0 Å². The maximum absolute atomic E-state index is 12.2. The van der Waals surface area contributed by atoms with Crippen LogP contribution in [0.4, 0.5) is 0 Å². The average molecular weight is 291 g/mol. The largest absolute Gasteiger partial charge is 0.486 e. The summed E-state index contributed by atoms with van der Waals surface area (Å²) in [5.74, 6) is 0.483. The first-order chi connectivity index (χ1) is 10.7. The standard InChI is InChI=1S/C17H13N3O2/c1-12-5-4-8-16-19-14(9-17(21)20(12)16)11-22-15-7-3-2-6-13(15)10-18/h2-9H,11H2,1H3. The number of hydrogen-bond acceptors (Lipinski definition) is 4. The molecule has 108 valence electrons. The Balaban J connectivity index is 1.92. The predicted octanol–water partition coefficient (Wildman–Crippen LogP) is 2.45. The molecule has 3 aromatic rings. The van der Waals surface area contributed by atoms with Gasteiger partial charge in [0.2, 0.25) is 0 Å². The van der Waals surface area contributed by atoms with Crippen molar-refractivity contribution in [2.45, 2.75) is 13.5 Å². The third kappa shape index (κ3) is 2.54. The highest BCUT2D eigenvalue weighted by Crippen LogP contribution is 2.17. The number of nitrogens with zero attached hydrogens (tertiary/aromatic N) is 3. The molecule has 2 aromatic heterocycles. The van der Waals surface area contributed by atoms with Crippen molar-refractivity contribution in [1.82, 2.24) is 9.38 Å². The molecule has 0 atom stereocenters. The molecule has 0 saturated heterocycles. The molecule has 0 radical (unpaired) electrons. The van der Waals surface area contributed by atoms with Gasteiger partial charge < -0.3 is 4.74 Å². The van der Waals surface area contributed by atoms with Crippen LogP contribution in [0.1, 0.15) is 17.0 Å². The SMILES string of the molecule is Cc1cccc2nc(COc3ccccc3C#N)cc(=O)n12. The fourth-order valence-corrected chi connectivity index (χ4v) is 2.27. The Morgan fingerprint density at radius 1 is 1.23 bits per heavy atom. The molecule has 22 heavy (non-hydrogen) atoms. The molecule has 0 unspecified atom stereocenters. The van der Waals surface area contributed by atoms with Gasteiger partial charge in [0.05, 0.1) is 11.3 Å². The van der Waals surface area contributed by atoms with E-state index in [0.29, 0.717) is 22.7 Å². The molecule has 0 aliphatic rings. The van der Waals surface area contributed by atoms with Gasteiger partial charge in [-0.2, -0.15) is 5.26 Å². The van der Waals surface area contributed by atoms with E-state index in [1.165, 1.54) is 6.07 Å². The molecule has 0 fully saturated rings. The van der Waals surface area contributed by atoms with E-state index in [1.807, 2.05) is 19.1 Å². The summed E-state index contributed by atoms with van der Waals surface area (Å²) >= 11 is 0. The molecule has 0 aliphatic carbocycles. The van der Waals surface area contributed by atoms with Crippen molar-refractivity contribution in [2.75, 3.05) is 0 Å². The second-order valence-corrected chi connectivity index (χ2v) is 4.84. The van der Waals surface area contributed by atoms with E-state index in [4.69, 9.17) is 10.00 Å². The molecule has 0 N–H and O–H groups in total. The normalized spacial score (nSPS) is 10.4. The lowest BCUT2D eigenvalue weighted by atomic mass is 10.2. The number of benzene rings is 1. The lowest BCUT2D eigenvalue weighted by molar-refractivity contribution is 0.300. The first-order valence-corrected chi connectivity index (χ1v) is 6.79. The Kier molecular flexibility index (Phi) is 3.58. The molecule has 0 saturated carbocycles. The predicted molar refractivity (Wildman–Crippen MR) is 81.7 cm³/mol. The molecule has 5 nitrogen and oxygen atoms in total. The van der Waals surface area contributed by atoms with Crippen molar-refractivity contribution >= 4 is 5.65 Å². The molecule has 2 heterocycles. The summed E-state index contributed by atoms with van der Waals surface area (Å²) in [6.45, 7) is 1.99. The molecule has 3 rings (SSSR count). The van der Waals surface area contributed by atoms with E-state index in [1.54, 1.807) is 34.7 Å². The van der Waals surface area contributed by atoms with Crippen molar-refractivity contribution in [2.24, 2.45) is 0 Å². The Labute approximate surface area is 127 Å². The Morgan fingerprint density at radius 3 is 2.86 bits per heavy atom. The Bertz CT molecular complexity index is 939. The zero-order chi connectivity index (χ0) is 15.5. The number of nitriles is 1. The van der Waals surface area contributed by atoms with Crippen LogP contribution in [0.2, 0.25) is 0 Å². The van der Waals surface area contributed by atoms with Crippen LogP contribution in [0.5, 0.6) is 5.75 Å². The van der Waals surface area contributed by atoms with Crippen molar-refractivity contribution in [3.63, 3.8) is 0 Å². The lowest BCUT2D eigenvalue weighted by Gasteiger charge is -2.09. The molecular weight excluding hydrogens is 278 g/mol. The van der Waals surface area contributed by atoms with Crippen LogP contribution in [0, 0.1) is 18.3 Å². The minimum absolute atomic E-state index is 0.137. The zero-order valence-corrected chi connectivity index (χ0v) is 12.0. The minimum Gasteiger partial charge on any atom is -0.486 e. The van der Waals surface area contributed by atoms with Gasteiger partial charge in [0.25, 0.3) is 5.56 Å². The van der Waals surface area contributed by atoms with Crippen LogP contribution in [0.3, 0.4) is 0 Å². The molecule has 0 amide bonds. The summed E-state index contributed by atoms with van der Waals surface area (Å²) in [6, 6.07) is 16.0. The lowest BCUT2D eigenvalue weighted by Crippen LogP contribution is -2.18. The van der Waals surface area contributed by atoms with Crippen LogP contribution in [-0.4, -0.2) is 9.38 Å². The zero-order valence-electron chi connectivity index (χ0n) is 12.0. The number of ether oxygens (including phenoxy) is 1. The van der Waals surface area contributed by atoms with Gasteiger partial charge in [-0.15, -0.1) is 0 Å². The number of rotatable bonds is 3. The first-order valence-electron chi connectivity index (χ1n) is 6.79. The fraction of sp³-hybridized carbons (Fsp3) is 0.118. The van der Waals surface area contributed by atoms with Gasteiger partial charge in [-0.1, -0.05) is 18.2 Å². The van der Waals surface area contributed by atoms with Gasteiger partial charge >= 0.3 is 0 Å². The molecule has 0 spiro atoms. The smallest absolute Gasteiger partial charge is 0.258 e. The van der Waals surface area contributed by atoms with Crippen LogP contribution in [0.25, 0.3) is 5.65 Å². The van der Waals surface area contributed by atoms with Crippen molar-refractivity contribution in [1.29, 1.82) is 5.26 Å². The van der Waals surface area contributed by atoms with Crippen LogP contribution in [0.15, 0.2) is 53.3 Å². The highest BCUT2D eigenvalue weighted by Gasteiger charge is 2.06. The quantitative estimate of drug-likeness (QED) is 0.743. The molecular formula is C17H13N3O2. The molecule has 1 aromatic carbocycles. The number of hydrogen-bond donors (Lipinski definition) is 0. The minimum atomic E-state index is -0.143. The summed E-state index contributed by atoms with van der Waals surface area (Å²) in [5.41, 5.74) is 2.26. The van der Waals surface area contributed by atoms with E-state index in [9.17, 15) is 4.79 Å². The number of para-hydroxylation sites is 1. The van der Waals surface area contributed by atoms with E-state index < -0.39 is 0 Å². The average Bonchev–Trinajstić information content (AvgIpc) is 2.53. The van der Waals surface area contributed by atoms with E-state index in [0.717, 1.165) is 5.69 Å². The Hall–Kier alpha value is -3.13.